The van der Waals surface area contributed by atoms with Crippen molar-refractivity contribution in [2.45, 2.75) is 57.0 Å². The normalized spacial score (nSPS) is 22.6. The average molecular weight is 404 g/mol. The molecule has 0 N–H and O–H groups in total. The molecule has 2 aromatic rings. The van der Waals surface area contributed by atoms with Gasteiger partial charge >= 0.3 is 0 Å². The zero-order valence-corrected chi connectivity index (χ0v) is 19.0. The standard InChI is InChI=1S/C21H29NO3SSi/c1-14-12-15(2)20(16(3)13-14)26(23,24)22-19(21(22)27(5,6)7)17-8-10-18(25-4)11-9-17/h8-13,19,21H,1-7H3/t19-,21+,22?/m1/s1. The molecular formula is C21H29NO3SSi. The zero-order valence-electron chi connectivity index (χ0n) is 17.2. The second-order valence-electron chi connectivity index (χ2n) is 8.59. The van der Waals surface area contributed by atoms with Crippen LogP contribution in [0.3, 0.4) is 0 Å². The van der Waals surface area contributed by atoms with Crippen molar-refractivity contribution in [1.82, 2.24) is 4.31 Å². The van der Waals surface area contributed by atoms with Crippen LogP contribution in [0.15, 0.2) is 41.3 Å². The number of rotatable bonds is 5. The monoisotopic (exact) mass is 403 g/mol. The van der Waals surface area contributed by atoms with Gasteiger partial charge in [0.2, 0.25) is 10.0 Å². The summed E-state index contributed by atoms with van der Waals surface area (Å²) < 4.78 is 34.3. The maximum Gasteiger partial charge on any atom is 0.244 e. The predicted molar refractivity (Wildman–Crippen MR) is 113 cm³/mol. The van der Waals surface area contributed by atoms with Gasteiger partial charge in [-0.3, -0.25) is 0 Å². The van der Waals surface area contributed by atoms with E-state index in [0.29, 0.717) is 4.90 Å². The van der Waals surface area contributed by atoms with Gasteiger partial charge in [-0.1, -0.05) is 49.5 Å². The third kappa shape index (κ3) is 3.58. The van der Waals surface area contributed by atoms with Gasteiger partial charge in [-0.2, -0.15) is 4.31 Å². The molecule has 0 bridgehead atoms. The van der Waals surface area contributed by atoms with Gasteiger partial charge < -0.3 is 4.74 Å². The number of benzene rings is 2. The Morgan fingerprint density at radius 3 is 1.93 bits per heavy atom. The van der Waals surface area contributed by atoms with Gasteiger partial charge in [-0.05, 0) is 49.6 Å². The lowest BCUT2D eigenvalue weighted by atomic mass is 10.1. The Morgan fingerprint density at radius 1 is 0.963 bits per heavy atom. The molecule has 1 fully saturated rings. The molecule has 0 saturated carbocycles. The summed E-state index contributed by atoms with van der Waals surface area (Å²) in [6.07, 6.45) is 0. The lowest BCUT2D eigenvalue weighted by molar-refractivity contribution is 0.414. The van der Waals surface area contributed by atoms with Gasteiger partial charge in [0, 0.05) is 5.67 Å². The Hall–Kier alpha value is -1.63. The fourth-order valence-electron chi connectivity index (χ4n) is 4.18. The highest BCUT2D eigenvalue weighted by atomic mass is 32.2. The molecule has 1 aliphatic rings. The second kappa shape index (κ2) is 6.76. The van der Waals surface area contributed by atoms with Gasteiger partial charge in [0.1, 0.15) is 5.75 Å². The van der Waals surface area contributed by atoms with Crippen LogP contribution in [0.1, 0.15) is 28.3 Å². The van der Waals surface area contributed by atoms with Crippen molar-refractivity contribution in [3.8, 4) is 5.75 Å². The van der Waals surface area contributed by atoms with Crippen LogP contribution in [-0.4, -0.2) is 33.6 Å². The average Bonchev–Trinajstić information content (AvgIpc) is 3.30. The van der Waals surface area contributed by atoms with Crippen LogP contribution in [-0.2, 0) is 10.0 Å². The van der Waals surface area contributed by atoms with Gasteiger partial charge in [0.05, 0.1) is 26.1 Å². The van der Waals surface area contributed by atoms with Crippen LogP contribution < -0.4 is 4.74 Å². The number of methoxy groups -OCH3 is 1. The van der Waals surface area contributed by atoms with E-state index < -0.39 is 18.1 Å². The molecule has 6 heteroatoms. The molecule has 0 spiro atoms. The minimum absolute atomic E-state index is 0.0657. The maximum absolute atomic E-state index is 13.6. The molecule has 3 rings (SSSR count). The Bertz CT molecular complexity index is 939. The molecule has 1 aliphatic heterocycles. The van der Waals surface area contributed by atoms with Crippen molar-refractivity contribution in [3.05, 3.63) is 58.7 Å². The highest BCUT2D eigenvalue weighted by Gasteiger charge is 2.61. The Balaban J connectivity index is 2.07. The molecule has 0 aromatic heterocycles. The van der Waals surface area contributed by atoms with Gasteiger partial charge in [0.25, 0.3) is 0 Å². The SMILES string of the molecule is COc1ccc([C@@H]2[C@H]([Si](C)(C)C)N2S(=O)(=O)c2c(C)cc(C)cc2C)cc1. The second-order valence-corrected chi connectivity index (χ2v) is 15.7. The fourth-order valence-corrected chi connectivity index (χ4v) is 9.82. The van der Waals surface area contributed by atoms with E-state index in [1.807, 2.05) is 57.2 Å². The lowest BCUT2D eigenvalue weighted by Gasteiger charge is -2.17. The largest absolute Gasteiger partial charge is 0.497 e. The topological polar surface area (TPSA) is 46.4 Å². The van der Waals surface area contributed by atoms with E-state index in [1.54, 1.807) is 11.4 Å². The number of hydrogen-bond acceptors (Lipinski definition) is 3. The zero-order chi connectivity index (χ0) is 20.1. The van der Waals surface area contributed by atoms with Crippen molar-refractivity contribution in [3.63, 3.8) is 0 Å². The minimum Gasteiger partial charge on any atom is -0.497 e. The van der Waals surface area contributed by atoms with Gasteiger partial charge in [0.15, 0.2) is 0 Å². The molecule has 2 aromatic carbocycles. The van der Waals surface area contributed by atoms with Crippen molar-refractivity contribution in [2.24, 2.45) is 0 Å². The molecular weight excluding hydrogens is 374 g/mol. The fraction of sp³-hybridized carbons (Fsp3) is 0.429. The summed E-state index contributed by atoms with van der Waals surface area (Å²) in [5, 5.41) is 0. The molecule has 1 saturated heterocycles. The molecule has 0 amide bonds. The first-order valence-electron chi connectivity index (χ1n) is 9.24. The number of ether oxygens (including phenoxy) is 1. The predicted octanol–water partition coefficient (Wildman–Crippen LogP) is 4.61. The summed E-state index contributed by atoms with van der Waals surface area (Å²) in [6, 6.07) is 11.6. The molecule has 146 valence electrons. The lowest BCUT2D eigenvalue weighted by Crippen LogP contribution is -2.33. The number of hydrogen-bond donors (Lipinski definition) is 0. The molecule has 0 radical (unpaired) electrons. The maximum atomic E-state index is 13.6. The third-order valence-electron chi connectivity index (χ3n) is 5.24. The smallest absolute Gasteiger partial charge is 0.244 e. The first-order chi connectivity index (χ1) is 12.5. The summed E-state index contributed by atoms with van der Waals surface area (Å²) in [5.41, 5.74) is 3.83. The summed E-state index contributed by atoms with van der Waals surface area (Å²) in [6.45, 7) is 12.5. The summed E-state index contributed by atoms with van der Waals surface area (Å²) in [4.78, 5) is 0.465. The molecule has 4 nitrogen and oxygen atoms in total. The van der Waals surface area contributed by atoms with Crippen LogP contribution in [0.2, 0.25) is 19.6 Å². The first-order valence-corrected chi connectivity index (χ1v) is 14.3. The van der Waals surface area contributed by atoms with E-state index in [9.17, 15) is 8.42 Å². The van der Waals surface area contributed by atoms with Crippen molar-refractivity contribution >= 4 is 18.1 Å². The summed E-state index contributed by atoms with van der Waals surface area (Å²) in [7, 11) is -3.64. The third-order valence-corrected chi connectivity index (χ3v) is 9.97. The van der Waals surface area contributed by atoms with Gasteiger partial charge in [-0.25, -0.2) is 8.42 Å². The van der Waals surface area contributed by atoms with Crippen molar-refractivity contribution < 1.29 is 13.2 Å². The Morgan fingerprint density at radius 2 is 1.48 bits per heavy atom. The van der Waals surface area contributed by atoms with E-state index in [1.165, 1.54) is 0 Å². The Kier molecular flexibility index (Phi) is 5.03. The van der Waals surface area contributed by atoms with Crippen LogP contribution in [0.5, 0.6) is 5.75 Å². The highest BCUT2D eigenvalue weighted by Crippen LogP contribution is 2.52. The molecule has 0 aliphatic carbocycles. The first kappa shape index (κ1) is 20.1. The van der Waals surface area contributed by atoms with Crippen molar-refractivity contribution in [1.29, 1.82) is 0 Å². The van der Waals surface area contributed by atoms with Crippen molar-refractivity contribution in [2.75, 3.05) is 7.11 Å². The quantitative estimate of drug-likeness (QED) is 0.541. The molecule has 1 heterocycles. The van der Waals surface area contributed by atoms with Crippen LogP contribution in [0, 0.1) is 20.8 Å². The van der Waals surface area contributed by atoms with E-state index in [2.05, 4.69) is 19.6 Å². The Labute approximate surface area is 164 Å². The molecule has 27 heavy (non-hydrogen) atoms. The van der Waals surface area contributed by atoms with Gasteiger partial charge in [-0.15, -0.1) is 0 Å². The van der Waals surface area contributed by atoms with E-state index in [0.717, 1.165) is 28.0 Å². The van der Waals surface area contributed by atoms with E-state index in [4.69, 9.17) is 4.74 Å². The minimum atomic E-state index is -3.55. The summed E-state index contributed by atoms with van der Waals surface area (Å²) >= 11 is 0. The molecule has 3 atom stereocenters. The number of sulfonamides is 1. The van der Waals surface area contributed by atoms with Crippen LogP contribution >= 0.6 is 0 Å². The van der Waals surface area contributed by atoms with Crippen LogP contribution in [0.25, 0.3) is 0 Å². The highest BCUT2D eigenvalue weighted by molar-refractivity contribution is 7.89. The number of aryl methyl sites for hydroxylation is 3. The van der Waals surface area contributed by atoms with E-state index >= 15 is 0 Å². The van der Waals surface area contributed by atoms with E-state index in [-0.39, 0.29) is 11.7 Å². The molecule has 1 unspecified atom stereocenters. The van der Waals surface area contributed by atoms with Crippen LogP contribution in [0.4, 0.5) is 0 Å². The number of nitrogens with zero attached hydrogens (tertiary/aromatic N) is 1. The summed E-state index contributed by atoms with van der Waals surface area (Å²) in [5.74, 6) is 0.781.